The van der Waals surface area contributed by atoms with Gasteiger partial charge in [0.25, 0.3) is 5.91 Å². The normalized spacial score (nSPS) is 25.3. The number of benzene rings is 1. The van der Waals surface area contributed by atoms with Crippen LogP contribution in [-0.2, 0) is 0 Å². The zero-order valence-electron chi connectivity index (χ0n) is 13.1. The molecule has 0 unspecified atom stereocenters. The van der Waals surface area contributed by atoms with Crippen LogP contribution < -0.4 is 0 Å². The van der Waals surface area contributed by atoms with Gasteiger partial charge in [-0.3, -0.25) is 14.7 Å². The molecule has 1 aromatic heterocycles. The van der Waals surface area contributed by atoms with Crippen molar-refractivity contribution < 1.29 is 9.90 Å². The number of likely N-dealkylation sites (tertiary alicyclic amines) is 2. The number of aliphatic hydroxyl groups is 1. The Labute approximate surface area is 135 Å². The van der Waals surface area contributed by atoms with E-state index in [1.807, 2.05) is 30.3 Å². The lowest BCUT2D eigenvalue weighted by Crippen LogP contribution is -2.41. The monoisotopic (exact) mass is 311 g/mol. The summed E-state index contributed by atoms with van der Waals surface area (Å²) >= 11 is 0. The fraction of sp³-hybridized carbons (Fsp3) is 0.444. The number of carbonyl (C=O) groups is 1. The van der Waals surface area contributed by atoms with Crippen LogP contribution in [-0.4, -0.2) is 64.1 Å². The molecule has 2 atom stereocenters. The SMILES string of the molecule is O=C(c1nccc2ccccc12)N1C[C@@H](O)[C@H](N2CCCC2)C1. The summed E-state index contributed by atoms with van der Waals surface area (Å²) in [5, 5.41) is 12.3. The summed E-state index contributed by atoms with van der Waals surface area (Å²) < 4.78 is 0. The molecule has 5 heteroatoms. The Balaban J connectivity index is 1.59. The first-order valence-electron chi connectivity index (χ1n) is 8.29. The molecule has 0 spiro atoms. The van der Waals surface area contributed by atoms with Gasteiger partial charge < -0.3 is 10.0 Å². The number of hydrogen-bond donors (Lipinski definition) is 1. The highest BCUT2D eigenvalue weighted by atomic mass is 16.3. The lowest BCUT2D eigenvalue weighted by molar-refractivity contribution is 0.0759. The summed E-state index contributed by atoms with van der Waals surface area (Å²) in [5.41, 5.74) is 0.484. The van der Waals surface area contributed by atoms with Gasteiger partial charge in [0.05, 0.1) is 12.1 Å². The third kappa shape index (κ3) is 2.60. The predicted molar refractivity (Wildman–Crippen MR) is 88.2 cm³/mol. The summed E-state index contributed by atoms with van der Waals surface area (Å²) in [6.07, 6.45) is 3.58. The van der Waals surface area contributed by atoms with Crippen molar-refractivity contribution in [2.24, 2.45) is 0 Å². The highest BCUT2D eigenvalue weighted by Crippen LogP contribution is 2.24. The largest absolute Gasteiger partial charge is 0.390 e. The number of fused-ring (bicyclic) bond motifs is 1. The lowest BCUT2D eigenvalue weighted by Gasteiger charge is -2.25. The molecule has 3 heterocycles. The number of aromatic nitrogens is 1. The minimum atomic E-state index is -0.466. The summed E-state index contributed by atoms with van der Waals surface area (Å²) in [6.45, 7) is 3.03. The van der Waals surface area contributed by atoms with Crippen molar-refractivity contribution in [3.05, 3.63) is 42.2 Å². The van der Waals surface area contributed by atoms with E-state index in [0.717, 1.165) is 23.9 Å². The molecule has 2 aliphatic rings. The number of rotatable bonds is 2. The minimum absolute atomic E-state index is 0.0661. The Bertz CT molecular complexity index is 722. The number of aliphatic hydroxyl groups excluding tert-OH is 1. The molecule has 0 radical (unpaired) electrons. The number of amides is 1. The fourth-order valence-corrected chi connectivity index (χ4v) is 3.81. The quantitative estimate of drug-likeness (QED) is 0.913. The molecule has 1 aromatic carbocycles. The van der Waals surface area contributed by atoms with Crippen molar-refractivity contribution in [3.8, 4) is 0 Å². The predicted octanol–water partition coefficient (Wildman–Crippen LogP) is 1.52. The fourth-order valence-electron chi connectivity index (χ4n) is 3.81. The second kappa shape index (κ2) is 5.91. The van der Waals surface area contributed by atoms with Crippen molar-refractivity contribution in [3.63, 3.8) is 0 Å². The second-order valence-electron chi connectivity index (χ2n) is 6.47. The summed E-state index contributed by atoms with van der Waals surface area (Å²) in [4.78, 5) is 21.3. The minimum Gasteiger partial charge on any atom is -0.390 e. The molecule has 5 nitrogen and oxygen atoms in total. The molecule has 1 amide bonds. The number of carbonyl (C=O) groups excluding carboxylic acids is 1. The first kappa shape index (κ1) is 14.6. The Morgan fingerprint density at radius 2 is 1.91 bits per heavy atom. The number of hydrogen-bond acceptors (Lipinski definition) is 4. The molecule has 23 heavy (non-hydrogen) atoms. The molecule has 0 aliphatic carbocycles. The molecule has 4 rings (SSSR count). The maximum atomic E-state index is 12.9. The van der Waals surface area contributed by atoms with E-state index in [1.165, 1.54) is 12.8 Å². The van der Waals surface area contributed by atoms with Gasteiger partial charge in [0, 0.05) is 24.7 Å². The third-order valence-electron chi connectivity index (χ3n) is 5.03. The summed E-state index contributed by atoms with van der Waals surface area (Å²) in [7, 11) is 0. The number of β-amino-alcohol motifs (C(OH)–C–C–N with tert-alkyl or cyclic N) is 1. The van der Waals surface area contributed by atoms with Crippen molar-refractivity contribution >= 4 is 16.7 Å². The van der Waals surface area contributed by atoms with Crippen molar-refractivity contribution in [2.75, 3.05) is 26.2 Å². The second-order valence-corrected chi connectivity index (χ2v) is 6.47. The van der Waals surface area contributed by atoms with Crippen molar-refractivity contribution in [1.82, 2.24) is 14.8 Å². The Hall–Kier alpha value is -1.98. The van der Waals surface area contributed by atoms with Crippen LogP contribution in [0.15, 0.2) is 36.5 Å². The lowest BCUT2D eigenvalue weighted by atomic mass is 10.1. The molecule has 2 aliphatic heterocycles. The van der Waals surface area contributed by atoms with E-state index in [-0.39, 0.29) is 11.9 Å². The smallest absolute Gasteiger partial charge is 0.273 e. The summed E-state index contributed by atoms with van der Waals surface area (Å²) in [6, 6.07) is 9.78. The first-order valence-corrected chi connectivity index (χ1v) is 8.29. The van der Waals surface area contributed by atoms with Gasteiger partial charge in [-0.15, -0.1) is 0 Å². The van der Waals surface area contributed by atoms with E-state index in [2.05, 4.69) is 9.88 Å². The van der Waals surface area contributed by atoms with Crippen LogP contribution in [0.4, 0.5) is 0 Å². The van der Waals surface area contributed by atoms with Crippen LogP contribution in [0, 0.1) is 0 Å². The molecular weight excluding hydrogens is 290 g/mol. The van der Waals surface area contributed by atoms with Crippen LogP contribution in [0.5, 0.6) is 0 Å². The van der Waals surface area contributed by atoms with E-state index in [0.29, 0.717) is 18.8 Å². The summed E-state index contributed by atoms with van der Waals surface area (Å²) in [5.74, 6) is -0.0810. The maximum absolute atomic E-state index is 12.9. The first-order chi connectivity index (χ1) is 11.2. The zero-order valence-corrected chi connectivity index (χ0v) is 13.1. The average Bonchev–Trinajstić information content (AvgIpc) is 3.23. The van der Waals surface area contributed by atoms with E-state index in [1.54, 1.807) is 11.1 Å². The average molecular weight is 311 g/mol. The van der Waals surface area contributed by atoms with Gasteiger partial charge in [-0.25, -0.2) is 0 Å². The Kier molecular flexibility index (Phi) is 3.75. The Morgan fingerprint density at radius 3 is 2.74 bits per heavy atom. The van der Waals surface area contributed by atoms with E-state index in [9.17, 15) is 9.90 Å². The van der Waals surface area contributed by atoms with Crippen LogP contribution in [0.1, 0.15) is 23.3 Å². The van der Waals surface area contributed by atoms with Crippen LogP contribution >= 0.6 is 0 Å². The van der Waals surface area contributed by atoms with Crippen LogP contribution in [0.2, 0.25) is 0 Å². The molecule has 1 N–H and O–H groups in total. The van der Waals surface area contributed by atoms with Crippen LogP contribution in [0.25, 0.3) is 10.8 Å². The molecule has 2 aromatic rings. The van der Waals surface area contributed by atoms with Gasteiger partial charge in [0.15, 0.2) is 0 Å². The standard InChI is InChI=1S/C18H21N3O2/c22-16-12-21(11-15(16)20-9-3-4-10-20)18(23)17-14-6-2-1-5-13(14)7-8-19-17/h1-2,5-8,15-16,22H,3-4,9-12H2/t15-,16-/m1/s1. The van der Waals surface area contributed by atoms with E-state index < -0.39 is 6.10 Å². The topological polar surface area (TPSA) is 56.7 Å². The van der Waals surface area contributed by atoms with Crippen LogP contribution in [0.3, 0.4) is 0 Å². The highest BCUT2D eigenvalue weighted by Gasteiger charge is 2.39. The van der Waals surface area contributed by atoms with E-state index in [4.69, 9.17) is 0 Å². The maximum Gasteiger partial charge on any atom is 0.273 e. The van der Waals surface area contributed by atoms with Crippen molar-refractivity contribution in [1.29, 1.82) is 0 Å². The number of nitrogens with zero attached hydrogens (tertiary/aromatic N) is 3. The Morgan fingerprint density at radius 1 is 1.13 bits per heavy atom. The molecule has 0 bridgehead atoms. The molecule has 2 saturated heterocycles. The number of pyridine rings is 1. The van der Waals surface area contributed by atoms with Gasteiger partial charge in [-0.1, -0.05) is 24.3 Å². The third-order valence-corrected chi connectivity index (χ3v) is 5.03. The van der Waals surface area contributed by atoms with Gasteiger partial charge >= 0.3 is 0 Å². The van der Waals surface area contributed by atoms with Gasteiger partial charge in [-0.2, -0.15) is 0 Å². The molecule has 2 fully saturated rings. The van der Waals surface area contributed by atoms with Gasteiger partial charge in [-0.05, 0) is 37.4 Å². The zero-order chi connectivity index (χ0) is 15.8. The van der Waals surface area contributed by atoms with E-state index >= 15 is 0 Å². The van der Waals surface area contributed by atoms with Crippen molar-refractivity contribution in [2.45, 2.75) is 25.0 Å². The molecular formula is C18H21N3O2. The van der Waals surface area contributed by atoms with Gasteiger partial charge in [0.2, 0.25) is 0 Å². The molecule has 0 saturated carbocycles. The molecule has 120 valence electrons. The highest BCUT2D eigenvalue weighted by molar-refractivity contribution is 6.05. The van der Waals surface area contributed by atoms with Gasteiger partial charge in [0.1, 0.15) is 5.69 Å².